The summed E-state index contributed by atoms with van der Waals surface area (Å²) in [6.07, 6.45) is 0. The standard InChI is InChI=1S/C8H20N2O2/c1-5-9(11-3)7-8-10(6-2)12-4/h5-8H2,1-4H3. The minimum absolute atomic E-state index is 0.870. The van der Waals surface area contributed by atoms with Crippen LogP contribution in [0.15, 0.2) is 0 Å². The van der Waals surface area contributed by atoms with Gasteiger partial charge in [0.05, 0.1) is 14.2 Å². The Kier molecular flexibility index (Phi) is 7.39. The zero-order chi connectivity index (χ0) is 9.40. The van der Waals surface area contributed by atoms with Gasteiger partial charge in [0.25, 0.3) is 0 Å². The Hall–Kier alpha value is -0.160. The molecule has 0 rings (SSSR count). The highest BCUT2D eigenvalue weighted by Crippen LogP contribution is 1.91. The number of rotatable bonds is 7. The van der Waals surface area contributed by atoms with Crippen LogP contribution in [0.5, 0.6) is 0 Å². The first kappa shape index (κ1) is 11.8. The Bertz CT molecular complexity index is 81.1. The summed E-state index contributed by atoms with van der Waals surface area (Å²) in [6, 6.07) is 0. The van der Waals surface area contributed by atoms with Crippen molar-refractivity contribution in [1.82, 2.24) is 10.1 Å². The second kappa shape index (κ2) is 7.49. The van der Waals surface area contributed by atoms with Crippen molar-refractivity contribution < 1.29 is 9.68 Å². The van der Waals surface area contributed by atoms with Gasteiger partial charge in [0.2, 0.25) is 0 Å². The second-order valence-electron chi connectivity index (χ2n) is 2.41. The summed E-state index contributed by atoms with van der Waals surface area (Å²) in [5, 5.41) is 3.78. The lowest BCUT2D eigenvalue weighted by Crippen LogP contribution is -2.33. The van der Waals surface area contributed by atoms with Crippen LogP contribution in [-0.4, -0.2) is 50.5 Å². The van der Waals surface area contributed by atoms with E-state index in [4.69, 9.17) is 9.68 Å². The molecule has 12 heavy (non-hydrogen) atoms. The number of hydrogen-bond acceptors (Lipinski definition) is 4. The monoisotopic (exact) mass is 176 g/mol. The van der Waals surface area contributed by atoms with Gasteiger partial charge in [-0.1, -0.05) is 13.8 Å². The van der Waals surface area contributed by atoms with Gasteiger partial charge in [-0.15, -0.1) is 0 Å². The molecule has 0 saturated carbocycles. The summed E-state index contributed by atoms with van der Waals surface area (Å²) >= 11 is 0. The van der Waals surface area contributed by atoms with Crippen LogP contribution in [0.4, 0.5) is 0 Å². The third-order valence-corrected chi connectivity index (χ3v) is 1.82. The highest BCUT2D eigenvalue weighted by molar-refractivity contribution is 4.46. The average Bonchev–Trinajstić information content (AvgIpc) is 2.13. The molecule has 0 fully saturated rings. The van der Waals surface area contributed by atoms with Crippen LogP contribution in [0, 0.1) is 0 Å². The van der Waals surface area contributed by atoms with E-state index >= 15 is 0 Å². The summed E-state index contributed by atoms with van der Waals surface area (Å²) in [5.41, 5.74) is 0. The third kappa shape index (κ3) is 4.66. The molecule has 74 valence electrons. The van der Waals surface area contributed by atoms with Gasteiger partial charge in [-0.2, -0.15) is 10.1 Å². The van der Waals surface area contributed by atoms with Crippen LogP contribution >= 0.6 is 0 Å². The predicted octanol–water partition coefficient (Wildman–Crippen LogP) is 0.753. The molecule has 0 bridgehead atoms. The number of hydrogen-bond donors (Lipinski definition) is 0. The van der Waals surface area contributed by atoms with E-state index in [-0.39, 0.29) is 0 Å². The van der Waals surface area contributed by atoms with Gasteiger partial charge in [-0.25, -0.2) is 0 Å². The fraction of sp³-hybridized carbons (Fsp3) is 1.00. The van der Waals surface area contributed by atoms with Crippen molar-refractivity contribution in [1.29, 1.82) is 0 Å². The lowest BCUT2D eigenvalue weighted by atomic mass is 10.5. The van der Waals surface area contributed by atoms with Gasteiger partial charge in [0, 0.05) is 26.2 Å². The van der Waals surface area contributed by atoms with Crippen LogP contribution in [-0.2, 0) is 9.68 Å². The zero-order valence-corrected chi connectivity index (χ0v) is 8.54. The average molecular weight is 176 g/mol. The quantitative estimate of drug-likeness (QED) is 0.534. The fourth-order valence-corrected chi connectivity index (χ4v) is 0.980. The SMILES string of the molecule is CCN(CCN(CC)OC)OC. The van der Waals surface area contributed by atoms with Crippen LogP contribution in [0.2, 0.25) is 0 Å². The van der Waals surface area contributed by atoms with E-state index in [0.717, 1.165) is 26.2 Å². The fourth-order valence-electron chi connectivity index (χ4n) is 0.980. The van der Waals surface area contributed by atoms with Crippen molar-refractivity contribution in [3.8, 4) is 0 Å². The number of hydroxylamine groups is 4. The topological polar surface area (TPSA) is 24.9 Å². The minimum atomic E-state index is 0.870. The molecule has 4 nitrogen and oxygen atoms in total. The van der Waals surface area contributed by atoms with E-state index in [9.17, 15) is 0 Å². The van der Waals surface area contributed by atoms with Crippen LogP contribution in [0.3, 0.4) is 0 Å². The molecule has 0 aromatic rings. The van der Waals surface area contributed by atoms with Gasteiger partial charge < -0.3 is 9.68 Å². The molecule has 0 amide bonds. The van der Waals surface area contributed by atoms with Crippen molar-refractivity contribution in [3.05, 3.63) is 0 Å². The summed E-state index contributed by atoms with van der Waals surface area (Å²) in [4.78, 5) is 10.2. The van der Waals surface area contributed by atoms with E-state index in [1.54, 1.807) is 14.2 Å². The first-order chi connectivity index (χ1) is 5.78. The molecule has 0 radical (unpaired) electrons. The maximum Gasteiger partial charge on any atom is 0.0575 e. The molecule has 0 aromatic heterocycles. The van der Waals surface area contributed by atoms with E-state index in [1.165, 1.54) is 0 Å². The van der Waals surface area contributed by atoms with Crippen molar-refractivity contribution in [2.75, 3.05) is 40.4 Å². The second-order valence-corrected chi connectivity index (χ2v) is 2.41. The van der Waals surface area contributed by atoms with Crippen LogP contribution in [0.1, 0.15) is 13.8 Å². The Balaban J connectivity index is 3.49. The molecular weight excluding hydrogens is 156 g/mol. The normalized spacial score (nSPS) is 11.5. The number of likely N-dealkylation sites (N-methyl/N-ethyl adjacent to an activating group) is 2. The molecule has 0 unspecified atom stereocenters. The van der Waals surface area contributed by atoms with Crippen LogP contribution < -0.4 is 0 Å². The molecule has 0 aliphatic rings. The summed E-state index contributed by atoms with van der Waals surface area (Å²) in [6.45, 7) is 7.66. The lowest BCUT2D eigenvalue weighted by molar-refractivity contribution is -0.169. The molecule has 0 atom stereocenters. The van der Waals surface area contributed by atoms with E-state index < -0.39 is 0 Å². The van der Waals surface area contributed by atoms with Crippen molar-refractivity contribution >= 4 is 0 Å². The van der Waals surface area contributed by atoms with Crippen LogP contribution in [0.25, 0.3) is 0 Å². The lowest BCUT2D eigenvalue weighted by Gasteiger charge is -2.22. The zero-order valence-electron chi connectivity index (χ0n) is 8.54. The Morgan fingerprint density at radius 2 is 1.17 bits per heavy atom. The largest absolute Gasteiger partial charge is 0.302 e. The third-order valence-electron chi connectivity index (χ3n) is 1.82. The van der Waals surface area contributed by atoms with Gasteiger partial charge in [0.15, 0.2) is 0 Å². The highest BCUT2D eigenvalue weighted by Gasteiger charge is 2.03. The molecule has 0 spiro atoms. The summed E-state index contributed by atoms with van der Waals surface area (Å²) < 4.78 is 0. The summed E-state index contributed by atoms with van der Waals surface area (Å²) in [7, 11) is 3.37. The van der Waals surface area contributed by atoms with Crippen molar-refractivity contribution in [2.45, 2.75) is 13.8 Å². The molecule has 0 heterocycles. The van der Waals surface area contributed by atoms with Gasteiger partial charge in [-0.05, 0) is 0 Å². The Labute approximate surface area is 74.9 Å². The first-order valence-electron chi connectivity index (χ1n) is 4.36. The minimum Gasteiger partial charge on any atom is -0.302 e. The molecule has 4 heteroatoms. The maximum atomic E-state index is 5.09. The first-order valence-corrected chi connectivity index (χ1v) is 4.36. The molecular formula is C8H20N2O2. The summed E-state index contributed by atoms with van der Waals surface area (Å²) in [5.74, 6) is 0. The molecule has 0 aliphatic heterocycles. The molecule has 0 aliphatic carbocycles. The Morgan fingerprint density at radius 3 is 1.33 bits per heavy atom. The highest BCUT2D eigenvalue weighted by atomic mass is 16.7. The van der Waals surface area contributed by atoms with E-state index in [2.05, 4.69) is 13.8 Å². The van der Waals surface area contributed by atoms with Gasteiger partial charge >= 0.3 is 0 Å². The van der Waals surface area contributed by atoms with Gasteiger partial charge in [0.1, 0.15) is 0 Å². The van der Waals surface area contributed by atoms with E-state index in [0.29, 0.717) is 0 Å². The maximum absolute atomic E-state index is 5.09. The predicted molar refractivity (Wildman–Crippen MR) is 48.5 cm³/mol. The van der Waals surface area contributed by atoms with Gasteiger partial charge in [-0.3, -0.25) is 0 Å². The smallest absolute Gasteiger partial charge is 0.0575 e. The molecule has 0 aromatic carbocycles. The number of nitrogens with zero attached hydrogens (tertiary/aromatic N) is 2. The van der Waals surface area contributed by atoms with Crippen molar-refractivity contribution in [3.63, 3.8) is 0 Å². The molecule has 0 saturated heterocycles. The van der Waals surface area contributed by atoms with E-state index in [1.807, 2.05) is 10.1 Å². The van der Waals surface area contributed by atoms with Crippen molar-refractivity contribution in [2.24, 2.45) is 0 Å². The Morgan fingerprint density at radius 1 is 0.833 bits per heavy atom. The molecule has 0 N–H and O–H groups in total.